The number of fused-ring (bicyclic) bond motifs is 1. The van der Waals surface area contributed by atoms with Gasteiger partial charge in [0.15, 0.2) is 11.2 Å². The van der Waals surface area contributed by atoms with Crippen LogP contribution in [0.2, 0.25) is 0 Å². The molecule has 1 aromatic carbocycles. The number of rotatable bonds is 6. The third kappa shape index (κ3) is 3.80. The molecular weight excluding hydrogens is 326 g/mol. The number of amides is 1. The van der Waals surface area contributed by atoms with Crippen LogP contribution >= 0.6 is 11.3 Å². The van der Waals surface area contributed by atoms with Gasteiger partial charge in [-0.1, -0.05) is 11.3 Å². The first-order valence-electron chi connectivity index (χ1n) is 7.56. The zero-order valence-electron chi connectivity index (χ0n) is 13.4. The summed E-state index contributed by atoms with van der Waals surface area (Å²) in [7, 11) is 0. The number of benzene rings is 1. The summed E-state index contributed by atoms with van der Waals surface area (Å²) in [4.78, 5) is 20.6. The molecule has 24 heavy (non-hydrogen) atoms. The Morgan fingerprint density at radius 3 is 2.96 bits per heavy atom. The van der Waals surface area contributed by atoms with Gasteiger partial charge in [-0.15, -0.1) is 0 Å². The van der Waals surface area contributed by atoms with Gasteiger partial charge < -0.3 is 9.47 Å². The fourth-order valence-corrected chi connectivity index (χ4v) is 2.99. The molecule has 0 saturated heterocycles. The Kier molecular flexibility index (Phi) is 4.90. The first-order valence-corrected chi connectivity index (χ1v) is 8.38. The van der Waals surface area contributed by atoms with Crippen molar-refractivity contribution in [3.05, 3.63) is 42.7 Å². The Morgan fingerprint density at radius 2 is 2.21 bits per heavy atom. The number of pyridine rings is 1. The number of carbonyl (C=O) groups excluding carboxylic acids is 1. The Bertz CT molecular complexity index is 835. The molecule has 3 rings (SSSR count). The Balaban J connectivity index is 1.68. The minimum atomic E-state index is -0.653. The molecular formula is C17H17N3O3S. The van der Waals surface area contributed by atoms with Crippen molar-refractivity contribution >= 4 is 32.6 Å². The van der Waals surface area contributed by atoms with Gasteiger partial charge in [0.25, 0.3) is 5.91 Å². The minimum Gasteiger partial charge on any atom is -0.494 e. The number of nitrogens with one attached hydrogen (secondary N) is 1. The van der Waals surface area contributed by atoms with Gasteiger partial charge in [0.05, 0.1) is 23.0 Å². The number of carbonyl (C=O) groups is 1. The van der Waals surface area contributed by atoms with Crippen molar-refractivity contribution in [3.8, 4) is 11.5 Å². The molecule has 0 aliphatic carbocycles. The zero-order chi connectivity index (χ0) is 16.9. The smallest absolute Gasteiger partial charge is 0.266 e. The van der Waals surface area contributed by atoms with Crippen molar-refractivity contribution in [2.45, 2.75) is 20.0 Å². The van der Waals surface area contributed by atoms with Gasteiger partial charge in [0.1, 0.15) is 11.5 Å². The van der Waals surface area contributed by atoms with Gasteiger partial charge in [0, 0.05) is 6.20 Å². The number of ether oxygens (including phenoxy) is 2. The number of aromatic nitrogens is 2. The fraction of sp³-hybridized carbons (Fsp3) is 0.235. The molecule has 0 saturated carbocycles. The van der Waals surface area contributed by atoms with Gasteiger partial charge >= 0.3 is 0 Å². The van der Waals surface area contributed by atoms with Crippen LogP contribution in [0.3, 0.4) is 0 Å². The van der Waals surface area contributed by atoms with E-state index in [1.807, 2.05) is 25.1 Å². The van der Waals surface area contributed by atoms with Gasteiger partial charge in [-0.3, -0.25) is 15.1 Å². The second kappa shape index (κ2) is 7.27. The second-order valence-corrected chi connectivity index (χ2v) is 6.05. The zero-order valence-corrected chi connectivity index (χ0v) is 14.2. The van der Waals surface area contributed by atoms with Crippen molar-refractivity contribution in [2.75, 3.05) is 11.9 Å². The highest BCUT2D eigenvalue weighted by Crippen LogP contribution is 2.29. The molecule has 1 unspecified atom stereocenters. The summed E-state index contributed by atoms with van der Waals surface area (Å²) in [6.07, 6.45) is 2.56. The van der Waals surface area contributed by atoms with E-state index in [1.165, 1.54) is 11.3 Å². The van der Waals surface area contributed by atoms with E-state index in [2.05, 4.69) is 15.3 Å². The average molecular weight is 343 g/mol. The maximum atomic E-state index is 12.2. The van der Waals surface area contributed by atoms with Gasteiger partial charge in [-0.25, -0.2) is 4.98 Å². The lowest BCUT2D eigenvalue weighted by molar-refractivity contribution is -0.122. The highest BCUT2D eigenvalue weighted by molar-refractivity contribution is 7.22. The molecule has 0 radical (unpaired) electrons. The molecule has 0 spiro atoms. The lowest BCUT2D eigenvalue weighted by Gasteiger charge is -2.12. The van der Waals surface area contributed by atoms with Crippen LogP contribution in [0.5, 0.6) is 11.5 Å². The van der Waals surface area contributed by atoms with E-state index >= 15 is 0 Å². The number of anilines is 1. The van der Waals surface area contributed by atoms with Crippen molar-refractivity contribution in [2.24, 2.45) is 0 Å². The molecule has 1 N–H and O–H groups in total. The first kappa shape index (κ1) is 16.2. The Labute approximate surface area is 143 Å². The third-order valence-corrected chi connectivity index (χ3v) is 4.15. The summed E-state index contributed by atoms with van der Waals surface area (Å²) in [6.45, 7) is 4.23. The quantitative estimate of drug-likeness (QED) is 0.741. The van der Waals surface area contributed by atoms with Crippen molar-refractivity contribution in [3.63, 3.8) is 0 Å². The van der Waals surface area contributed by atoms with E-state index in [1.54, 1.807) is 31.5 Å². The average Bonchev–Trinajstić information content (AvgIpc) is 2.97. The number of hydrogen-bond acceptors (Lipinski definition) is 6. The van der Waals surface area contributed by atoms with Gasteiger partial charge in [0.2, 0.25) is 0 Å². The van der Waals surface area contributed by atoms with E-state index < -0.39 is 6.10 Å². The lowest BCUT2D eigenvalue weighted by Crippen LogP contribution is -2.30. The molecule has 0 bridgehead atoms. The standard InChI is InChI=1S/C17H17N3O3S/c1-3-22-12-6-7-14-15(9-12)24-17(19-14)20-16(21)11(2)23-13-5-4-8-18-10-13/h4-11H,3H2,1-2H3,(H,19,20,21). The Hall–Kier alpha value is -2.67. The molecule has 2 heterocycles. The van der Waals surface area contributed by atoms with Crippen LogP contribution in [0.15, 0.2) is 42.7 Å². The third-order valence-electron chi connectivity index (χ3n) is 3.22. The highest BCUT2D eigenvalue weighted by Gasteiger charge is 2.17. The topological polar surface area (TPSA) is 73.3 Å². The number of thiazole rings is 1. The van der Waals surface area contributed by atoms with Crippen LogP contribution in [-0.4, -0.2) is 28.6 Å². The maximum Gasteiger partial charge on any atom is 0.266 e. The second-order valence-electron chi connectivity index (χ2n) is 5.02. The highest BCUT2D eigenvalue weighted by atomic mass is 32.1. The summed E-state index contributed by atoms with van der Waals surface area (Å²) in [6, 6.07) is 9.17. The molecule has 1 amide bonds. The SMILES string of the molecule is CCOc1ccc2nc(NC(=O)C(C)Oc3cccnc3)sc2c1. The summed E-state index contributed by atoms with van der Waals surface area (Å²) >= 11 is 1.40. The minimum absolute atomic E-state index is 0.261. The van der Waals surface area contributed by atoms with Crippen LogP contribution in [0.1, 0.15) is 13.8 Å². The predicted molar refractivity (Wildman–Crippen MR) is 93.7 cm³/mol. The normalized spacial score (nSPS) is 11.9. The van der Waals surface area contributed by atoms with E-state index in [0.717, 1.165) is 16.0 Å². The number of nitrogens with zero attached hydrogens (tertiary/aromatic N) is 2. The molecule has 1 atom stereocenters. The van der Waals surface area contributed by atoms with Crippen LogP contribution in [-0.2, 0) is 4.79 Å². The summed E-state index contributed by atoms with van der Waals surface area (Å²) in [5, 5.41) is 3.32. The van der Waals surface area contributed by atoms with Gasteiger partial charge in [-0.2, -0.15) is 0 Å². The van der Waals surface area contributed by atoms with Crippen LogP contribution in [0, 0.1) is 0 Å². The molecule has 2 aromatic heterocycles. The maximum absolute atomic E-state index is 12.2. The van der Waals surface area contributed by atoms with E-state index in [9.17, 15) is 4.79 Å². The van der Waals surface area contributed by atoms with Crippen LogP contribution < -0.4 is 14.8 Å². The molecule has 3 aromatic rings. The predicted octanol–water partition coefficient (Wildman–Crippen LogP) is 3.50. The van der Waals surface area contributed by atoms with Crippen LogP contribution in [0.25, 0.3) is 10.2 Å². The molecule has 6 nitrogen and oxygen atoms in total. The lowest BCUT2D eigenvalue weighted by atomic mass is 10.3. The monoisotopic (exact) mass is 343 g/mol. The molecule has 7 heteroatoms. The molecule has 124 valence electrons. The molecule has 0 aliphatic rings. The fourth-order valence-electron chi connectivity index (χ4n) is 2.10. The summed E-state index contributed by atoms with van der Waals surface area (Å²) < 4.78 is 12.0. The largest absolute Gasteiger partial charge is 0.494 e. The first-order chi connectivity index (χ1) is 11.7. The van der Waals surface area contributed by atoms with E-state index in [-0.39, 0.29) is 5.91 Å². The van der Waals surface area contributed by atoms with Crippen molar-refractivity contribution in [1.82, 2.24) is 9.97 Å². The Morgan fingerprint density at radius 1 is 1.33 bits per heavy atom. The van der Waals surface area contributed by atoms with Crippen LogP contribution in [0.4, 0.5) is 5.13 Å². The summed E-state index contributed by atoms with van der Waals surface area (Å²) in [5.74, 6) is 1.08. The van der Waals surface area contributed by atoms with E-state index in [0.29, 0.717) is 17.5 Å². The summed E-state index contributed by atoms with van der Waals surface area (Å²) in [5.41, 5.74) is 0.819. The van der Waals surface area contributed by atoms with Crippen molar-refractivity contribution < 1.29 is 14.3 Å². The van der Waals surface area contributed by atoms with Gasteiger partial charge in [-0.05, 0) is 44.2 Å². The van der Waals surface area contributed by atoms with E-state index in [4.69, 9.17) is 9.47 Å². The molecule has 0 fully saturated rings. The number of hydrogen-bond donors (Lipinski definition) is 1. The van der Waals surface area contributed by atoms with Crippen molar-refractivity contribution in [1.29, 1.82) is 0 Å². The molecule has 0 aliphatic heterocycles.